The number of sulfonamides is 1. The summed E-state index contributed by atoms with van der Waals surface area (Å²) >= 11 is 0. The summed E-state index contributed by atoms with van der Waals surface area (Å²) in [7, 11) is -3.69. The van der Waals surface area contributed by atoms with Crippen LogP contribution in [0.25, 0.3) is 0 Å². The minimum atomic E-state index is -3.69. The Morgan fingerprint density at radius 2 is 2.05 bits per heavy atom. The Kier molecular flexibility index (Phi) is 5.93. The molecule has 4 N–H and O–H groups in total. The van der Waals surface area contributed by atoms with Crippen LogP contribution in [0.4, 0.5) is 5.69 Å². The Bertz CT molecular complexity index is 571. The van der Waals surface area contributed by atoms with E-state index in [-0.39, 0.29) is 23.6 Å². The lowest BCUT2D eigenvalue weighted by molar-refractivity contribution is 0.0697. The Labute approximate surface area is 117 Å². The van der Waals surface area contributed by atoms with E-state index in [1.807, 2.05) is 0 Å². The van der Waals surface area contributed by atoms with Crippen molar-refractivity contribution in [1.82, 2.24) is 4.72 Å². The van der Waals surface area contributed by atoms with Crippen LogP contribution in [-0.2, 0) is 10.0 Å². The molecule has 0 aliphatic carbocycles. The van der Waals surface area contributed by atoms with Gasteiger partial charge in [-0.25, -0.2) is 17.9 Å². The van der Waals surface area contributed by atoms with Gasteiger partial charge in [0.25, 0.3) is 0 Å². The number of benzene rings is 1. The fourth-order valence-corrected chi connectivity index (χ4v) is 2.66. The molecular weight excluding hydrogens is 284 g/mol. The molecule has 0 bridgehead atoms. The highest BCUT2D eigenvalue weighted by atomic mass is 32.2. The zero-order chi connectivity index (χ0) is 15.2. The van der Waals surface area contributed by atoms with E-state index in [4.69, 9.17) is 10.2 Å². The van der Waals surface area contributed by atoms with Gasteiger partial charge in [0.05, 0.1) is 10.5 Å². The molecule has 1 rings (SSSR count). The van der Waals surface area contributed by atoms with Gasteiger partial charge in [-0.3, -0.25) is 0 Å². The highest BCUT2D eigenvalue weighted by Crippen LogP contribution is 2.20. The number of hydrogen-bond acceptors (Lipinski definition) is 5. The molecule has 20 heavy (non-hydrogen) atoms. The van der Waals surface area contributed by atoms with E-state index < -0.39 is 16.0 Å². The number of carbonyl (C=O) groups is 1. The van der Waals surface area contributed by atoms with Gasteiger partial charge >= 0.3 is 5.97 Å². The van der Waals surface area contributed by atoms with Crippen LogP contribution >= 0.6 is 0 Å². The molecule has 0 saturated heterocycles. The van der Waals surface area contributed by atoms with E-state index in [2.05, 4.69) is 10.0 Å². The molecule has 8 heteroatoms. The van der Waals surface area contributed by atoms with Crippen molar-refractivity contribution < 1.29 is 23.4 Å². The smallest absolute Gasteiger partial charge is 0.337 e. The van der Waals surface area contributed by atoms with Crippen LogP contribution in [0, 0.1) is 0 Å². The zero-order valence-electron chi connectivity index (χ0n) is 11.1. The lowest BCUT2D eigenvalue weighted by atomic mass is 10.2. The van der Waals surface area contributed by atoms with Crippen molar-refractivity contribution in [3.05, 3.63) is 23.8 Å². The van der Waals surface area contributed by atoms with Crippen molar-refractivity contribution in [3.8, 4) is 0 Å². The summed E-state index contributed by atoms with van der Waals surface area (Å²) in [5.41, 5.74) is 0.198. The van der Waals surface area contributed by atoms with Crippen molar-refractivity contribution >= 4 is 21.7 Å². The van der Waals surface area contributed by atoms with E-state index in [1.165, 1.54) is 12.1 Å². The Morgan fingerprint density at radius 3 is 2.60 bits per heavy atom. The van der Waals surface area contributed by atoms with Crippen LogP contribution in [-0.4, -0.2) is 44.3 Å². The number of aliphatic hydroxyl groups is 1. The van der Waals surface area contributed by atoms with E-state index >= 15 is 0 Å². The molecule has 0 aromatic heterocycles. The second-order valence-electron chi connectivity index (χ2n) is 4.02. The van der Waals surface area contributed by atoms with Crippen LogP contribution in [0.2, 0.25) is 0 Å². The maximum Gasteiger partial charge on any atom is 0.337 e. The normalized spacial score (nSPS) is 11.3. The number of aliphatic hydroxyl groups excluding tert-OH is 1. The maximum atomic E-state index is 11.8. The highest BCUT2D eigenvalue weighted by Gasteiger charge is 2.18. The van der Waals surface area contributed by atoms with Crippen molar-refractivity contribution in [2.45, 2.75) is 18.2 Å². The van der Waals surface area contributed by atoms with Crippen LogP contribution < -0.4 is 10.0 Å². The molecule has 0 atom stereocenters. The maximum absolute atomic E-state index is 11.8. The molecule has 1 aromatic carbocycles. The van der Waals surface area contributed by atoms with Gasteiger partial charge in [0.2, 0.25) is 10.0 Å². The molecule has 112 valence electrons. The summed E-state index contributed by atoms with van der Waals surface area (Å²) in [5.74, 6) is -1.22. The van der Waals surface area contributed by atoms with Gasteiger partial charge in [0.15, 0.2) is 0 Å². The Morgan fingerprint density at radius 1 is 1.35 bits per heavy atom. The highest BCUT2D eigenvalue weighted by molar-refractivity contribution is 7.89. The van der Waals surface area contributed by atoms with Gasteiger partial charge in [0, 0.05) is 25.4 Å². The molecule has 0 radical (unpaired) electrons. The molecule has 0 aliphatic rings. The summed E-state index contributed by atoms with van der Waals surface area (Å²) in [6.45, 7) is 2.25. The average molecular weight is 302 g/mol. The molecule has 0 heterocycles. The quantitative estimate of drug-likeness (QED) is 0.519. The van der Waals surface area contributed by atoms with Crippen molar-refractivity contribution in [2.24, 2.45) is 0 Å². The summed E-state index contributed by atoms with van der Waals surface area (Å²) in [4.78, 5) is 11.1. The van der Waals surface area contributed by atoms with E-state index in [0.29, 0.717) is 18.7 Å². The number of rotatable bonds is 8. The predicted molar refractivity (Wildman–Crippen MR) is 74.5 cm³/mol. The molecule has 0 amide bonds. The third-order valence-corrected chi connectivity index (χ3v) is 4.06. The van der Waals surface area contributed by atoms with Crippen molar-refractivity contribution in [3.63, 3.8) is 0 Å². The second-order valence-corrected chi connectivity index (χ2v) is 5.78. The molecule has 7 nitrogen and oxygen atoms in total. The van der Waals surface area contributed by atoms with Crippen LogP contribution in [0.3, 0.4) is 0 Å². The number of nitrogens with one attached hydrogen (secondary N) is 2. The first-order chi connectivity index (χ1) is 9.42. The first-order valence-corrected chi connectivity index (χ1v) is 7.62. The number of carboxylic acids is 1. The third kappa shape index (κ3) is 4.19. The molecule has 0 spiro atoms. The van der Waals surface area contributed by atoms with Gasteiger partial charge in [-0.15, -0.1) is 0 Å². The number of hydrogen-bond donors (Lipinski definition) is 4. The fraction of sp³-hybridized carbons (Fsp3) is 0.417. The lowest BCUT2D eigenvalue weighted by Crippen LogP contribution is -2.23. The largest absolute Gasteiger partial charge is 0.478 e. The van der Waals surface area contributed by atoms with Crippen LogP contribution in [0.15, 0.2) is 23.1 Å². The topological polar surface area (TPSA) is 116 Å². The molecule has 1 aromatic rings. The summed E-state index contributed by atoms with van der Waals surface area (Å²) in [5, 5.41) is 20.7. The van der Waals surface area contributed by atoms with E-state index in [0.717, 1.165) is 6.07 Å². The Balaban J connectivity index is 3.10. The minimum Gasteiger partial charge on any atom is -0.478 e. The van der Waals surface area contributed by atoms with Crippen LogP contribution in [0.5, 0.6) is 0 Å². The summed E-state index contributed by atoms with van der Waals surface area (Å²) < 4.78 is 25.9. The van der Waals surface area contributed by atoms with E-state index in [1.54, 1.807) is 6.92 Å². The molecule has 0 unspecified atom stereocenters. The monoisotopic (exact) mass is 302 g/mol. The van der Waals surface area contributed by atoms with E-state index in [9.17, 15) is 13.2 Å². The SMILES string of the molecule is CCNS(=O)(=O)c1ccc(NCCCO)c(C(=O)O)c1. The van der Waals surface area contributed by atoms with Crippen molar-refractivity contribution in [1.29, 1.82) is 0 Å². The average Bonchev–Trinajstić information content (AvgIpc) is 2.38. The number of aromatic carboxylic acids is 1. The first-order valence-electron chi connectivity index (χ1n) is 6.14. The fourth-order valence-electron chi connectivity index (χ4n) is 1.60. The zero-order valence-corrected chi connectivity index (χ0v) is 11.9. The van der Waals surface area contributed by atoms with Gasteiger partial charge in [-0.1, -0.05) is 6.92 Å². The van der Waals surface area contributed by atoms with Gasteiger partial charge in [-0.05, 0) is 24.6 Å². The summed E-state index contributed by atoms with van der Waals surface area (Å²) in [6, 6.07) is 3.86. The van der Waals surface area contributed by atoms with Gasteiger partial charge < -0.3 is 15.5 Å². The number of carboxylic acid groups (broad SMARTS) is 1. The predicted octanol–water partition coefficient (Wildman–Crippen LogP) is 0.477. The molecule has 0 aliphatic heterocycles. The first kappa shape index (κ1) is 16.4. The third-order valence-electron chi connectivity index (χ3n) is 2.52. The minimum absolute atomic E-state index is 0.0116. The Hall–Kier alpha value is -1.64. The van der Waals surface area contributed by atoms with Crippen molar-refractivity contribution in [2.75, 3.05) is 25.0 Å². The standard InChI is InChI=1S/C12H18N2O5S/c1-2-14-20(18,19)9-4-5-11(13-6-3-7-15)10(8-9)12(16)17/h4-5,8,13-15H,2-3,6-7H2,1H3,(H,16,17). The summed E-state index contributed by atoms with van der Waals surface area (Å²) in [6.07, 6.45) is 0.469. The second kappa shape index (κ2) is 7.22. The lowest BCUT2D eigenvalue weighted by Gasteiger charge is -2.11. The van der Waals surface area contributed by atoms with Gasteiger partial charge in [0.1, 0.15) is 0 Å². The van der Waals surface area contributed by atoms with Crippen LogP contribution in [0.1, 0.15) is 23.7 Å². The molecular formula is C12H18N2O5S. The molecule has 0 fully saturated rings. The number of anilines is 1. The molecule has 0 saturated carbocycles. The van der Waals surface area contributed by atoms with Gasteiger partial charge in [-0.2, -0.15) is 0 Å².